The Morgan fingerprint density at radius 1 is 1.19 bits per heavy atom. The highest BCUT2D eigenvalue weighted by molar-refractivity contribution is 6.03. The van der Waals surface area contributed by atoms with Crippen LogP contribution in [0.1, 0.15) is 49.7 Å². The highest BCUT2D eigenvalue weighted by atomic mass is 19.3. The SMILES string of the molecule is CCc1cc2c(nc1-c1ccc(F)cc1)c(OC(C)C)c(C(=O)NC1CCN(C(=O)COF)CC1)n2C. The fourth-order valence-corrected chi connectivity index (χ4v) is 4.75. The molecule has 0 bridgehead atoms. The Balaban J connectivity index is 1.68. The van der Waals surface area contributed by atoms with Gasteiger partial charge < -0.3 is 19.5 Å². The quantitative estimate of drug-likeness (QED) is 0.483. The van der Waals surface area contributed by atoms with Crippen LogP contribution in [0, 0.1) is 5.82 Å². The molecule has 3 heterocycles. The standard InChI is InChI=1S/C27H32F2N4O4/c1-5-17-14-21-24(31-23(17)18-6-8-19(28)9-7-18)26(37-16(2)3)25(32(21)4)27(35)30-20-10-12-33(13-11-20)22(34)15-36-29/h6-9,14,16,20H,5,10-13,15H2,1-4H3,(H,30,35). The minimum atomic E-state index is -0.602. The summed E-state index contributed by atoms with van der Waals surface area (Å²) in [6, 6.07) is 8.04. The van der Waals surface area contributed by atoms with Crippen molar-refractivity contribution in [1.29, 1.82) is 0 Å². The van der Waals surface area contributed by atoms with Gasteiger partial charge in [-0.3, -0.25) is 9.59 Å². The van der Waals surface area contributed by atoms with Gasteiger partial charge in [-0.1, -0.05) is 6.92 Å². The van der Waals surface area contributed by atoms with E-state index in [0.717, 1.165) is 22.3 Å². The number of aryl methyl sites for hydroxylation is 2. The molecule has 0 aliphatic carbocycles. The maximum absolute atomic E-state index is 13.6. The molecule has 2 aromatic heterocycles. The number of hydrogen-bond donors (Lipinski definition) is 1. The minimum Gasteiger partial charge on any atom is -0.486 e. The lowest BCUT2D eigenvalue weighted by Crippen LogP contribution is -2.47. The lowest BCUT2D eigenvalue weighted by atomic mass is 10.0. The molecule has 0 saturated carbocycles. The molecule has 0 unspecified atom stereocenters. The van der Waals surface area contributed by atoms with Crippen molar-refractivity contribution in [1.82, 2.24) is 19.8 Å². The third-order valence-electron chi connectivity index (χ3n) is 6.64. The molecule has 1 aliphatic rings. The van der Waals surface area contributed by atoms with Crippen LogP contribution in [0.5, 0.6) is 5.75 Å². The number of carbonyl (C=O) groups is 2. The van der Waals surface area contributed by atoms with Gasteiger partial charge in [0.05, 0.1) is 17.3 Å². The lowest BCUT2D eigenvalue weighted by Gasteiger charge is -2.32. The van der Waals surface area contributed by atoms with E-state index >= 15 is 0 Å². The van der Waals surface area contributed by atoms with E-state index in [1.807, 2.05) is 26.8 Å². The Morgan fingerprint density at radius 3 is 2.46 bits per heavy atom. The number of benzene rings is 1. The summed E-state index contributed by atoms with van der Waals surface area (Å²) in [5.41, 5.74) is 4.15. The Morgan fingerprint density at radius 2 is 1.86 bits per heavy atom. The molecule has 10 heteroatoms. The molecular weight excluding hydrogens is 482 g/mol. The second kappa shape index (κ2) is 11.2. The third kappa shape index (κ3) is 5.58. The van der Waals surface area contributed by atoms with Crippen molar-refractivity contribution in [2.75, 3.05) is 19.7 Å². The molecule has 1 fully saturated rings. The predicted molar refractivity (Wildman–Crippen MR) is 135 cm³/mol. The zero-order valence-electron chi connectivity index (χ0n) is 21.5. The molecule has 1 N–H and O–H groups in total. The van der Waals surface area contributed by atoms with Crippen LogP contribution >= 0.6 is 0 Å². The number of nitrogens with one attached hydrogen (secondary N) is 1. The summed E-state index contributed by atoms with van der Waals surface area (Å²) in [4.78, 5) is 35.3. The molecule has 0 spiro atoms. The van der Waals surface area contributed by atoms with Crippen LogP contribution in [0.4, 0.5) is 8.92 Å². The average molecular weight is 515 g/mol. The highest BCUT2D eigenvalue weighted by Gasteiger charge is 2.29. The van der Waals surface area contributed by atoms with Crippen molar-refractivity contribution in [3.8, 4) is 17.0 Å². The van der Waals surface area contributed by atoms with E-state index < -0.39 is 12.5 Å². The van der Waals surface area contributed by atoms with Crippen LogP contribution in [0.2, 0.25) is 0 Å². The Kier molecular flexibility index (Phi) is 8.06. The highest BCUT2D eigenvalue weighted by Crippen LogP contribution is 2.36. The number of ether oxygens (including phenoxy) is 1. The van der Waals surface area contributed by atoms with Gasteiger partial charge in [0.2, 0.25) is 0 Å². The van der Waals surface area contributed by atoms with Gasteiger partial charge in [-0.15, -0.1) is 0 Å². The van der Waals surface area contributed by atoms with Crippen LogP contribution in [-0.2, 0) is 23.2 Å². The third-order valence-corrected chi connectivity index (χ3v) is 6.64. The first kappa shape index (κ1) is 26.5. The minimum absolute atomic E-state index is 0.151. The number of likely N-dealkylation sites (tertiary alicyclic amines) is 1. The molecule has 1 saturated heterocycles. The first-order valence-electron chi connectivity index (χ1n) is 12.5. The Hall–Kier alpha value is -3.53. The second-order valence-electron chi connectivity index (χ2n) is 9.51. The summed E-state index contributed by atoms with van der Waals surface area (Å²) in [6.45, 7) is 6.00. The van der Waals surface area contributed by atoms with E-state index in [1.165, 1.54) is 17.0 Å². The van der Waals surface area contributed by atoms with Crippen molar-refractivity contribution in [2.45, 2.75) is 52.2 Å². The zero-order chi connectivity index (χ0) is 26.7. The van der Waals surface area contributed by atoms with Gasteiger partial charge in [-0.05, 0) is 73.5 Å². The van der Waals surface area contributed by atoms with Crippen molar-refractivity contribution >= 4 is 22.8 Å². The smallest absolute Gasteiger partial charge is 0.272 e. The second-order valence-corrected chi connectivity index (χ2v) is 9.51. The van der Waals surface area contributed by atoms with E-state index in [-0.39, 0.29) is 23.9 Å². The molecule has 1 aromatic carbocycles. The fraction of sp³-hybridized carbons (Fsp3) is 0.444. The van der Waals surface area contributed by atoms with E-state index in [4.69, 9.17) is 9.72 Å². The van der Waals surface area contributed by atoms with Gasteiger partial charge in [0, 0.05) is 31.7 Å². The number of pyridine rings is 1. The molecule has 4 rings (SSSR count). The monoisotopic (exact) mass is 514 g/mol. The molecule has 2 amide bonds. The molecule has 37 heavy (non-hydrogen) atoms. The van der Waals surface area contributed by atoms with E-state index in [0.29, 0.717) is 49.3 Å². The van der Waals surface area contributed by atoms with Crippen molar-refractivity contribution in [3.05, 3.63) is 47.4 Å². The van der Waals surface area contributed by atoms with E-state index in [9.17, 15) is 18.5 Å². The summed E-state index contributed by atoms with van der Waals surface area (Å²) in [7, 11) is 1.81. The summed E-state index contributed by atoms with van der Waals surface area (Å²) >= 11 is 0. The first-order chi connectivity index (χ1) is 17.7. The number of amides is 2. The van der Waals surface area contributed by atoms with Gasteiger partial charge in [0.1, 0.15) is 11.3 Å². The maximum Gasteiger partial charge on any atom is 0.272 e. The molecule has 8 nitrogen and oxygen atoms in total. The topological polar surface area (TPSA) is 85.7 Å². The van der Waals surface area contributed by atoms with Crippen molar-refractivity contribution < 1.29 is 28.2 Å². The average Bonchev–Trinajstić information content (AvgIpc) is 3.14. The van der Waals surface area contributed by atoms with Gasteiger partial charge in [0.15, 0.2) is 18.1 Å². The molecule has 3 aromatic rings. The lowest BCUT2D eigenvalue weighted by molar-refractivity contribution is -0.165. The summed E-state index contributed by atoms with van der Waals surface area (Å²) in [5, 5.41) is 3.07. The van der Waals surface area contributed by atoms with Gasteiger partial charge in [-0.25, -0.2) is 9.37 Å². The van der Waals surface area contributed by atoms with Crippen LogP contribution in [0.15, 0.2) is 30.3 Å². The van der Waals surface area contributed by atoms with Crippen LogP contribution in [-0.4, -0.2) is 58.1 Å². The fourth-order valence-electron chi connectivity index (χ4n) is 4.75. The van der Waals surface area contributed by atoms with Gasteiger partial charge in [-0.2, -0.15) is 4.94 Å². The Labute approximate surface area is 214 Å². The number of hydrogen-bond acceptors (Lipinski definition) is 5. The maximum atomic E-state index is 13.6. The Bertz CT molecular complexity index is 1280. The summed E-state index contributed by atoms with van der Waals surface area (Å²) in [6.07, 6.45) is 1.58. The van der Waals surface area contributed by atoms with E-state index in [2.05, 4.69) is 10.3 Å². The number of rotatable bonds is 8. The van der Waals surface area contributed by atoms with Crippen LogP contribution < -0.4 is 10.1 Å². The number of fused-ring (bicyclic) bond motifs is 1. The molecule has 1 aliphatic heterocycles. The summed E-state index contributed by atoms with van der Waals surface area (Å²) in [5.74, 6) is -0.641. The van der Waals surface area contributed by atoms with Crippen molar-refractivity contribution in [3.63, 3.8) is 0 Å². The largest absolute Gasteiger partial charge is 0.486 e. The van der Waals surface area contributed by atoms with Gasteiger partial charge in [0.25, 0.3) is 11.8 Å². The van der Waals surface area contributed by atoms with Crippen molar-refractivity contribution in [2.24, 2.45) is 7.05 Å². The van der Waals surface area contributed by atoms with Gasteiger partial charge >= 0.3 is 0 Å². The first-order valence-corrected chi connectivity index (χ1v) is 12.5. The zero-order valence-corrected chi connectivity index (χ0v) is 21.5. The number of halogens is 2. The molecular formula is C27H32F2N4O4. The van der Waals surface area contributed by atoms with Crippen LogP contribution in [0.3, 0.4) is 0 Å². The molecule has 198 valence electrons. The molecule has 0 radical (unpaired) electrons. The van der Waals surface area contributed by atoms with E-state index in [1.54, 1.807) is 23.7 Å². The van der Waals surface area contributed by atoms with Crippen LogP contribution in [0.25, 0.3) is 22.3 Å². The molecule has 0 atom stereocenters. The number of piperidine rings is 1. The number of aromatic nitrogens is 2. The number of nitrogens with zero attached hydrogens (tertiary/aromatic N) is 3. The number of carbonyl (C=O) groups excluding carboxylic acids is 2. The normalized spacial score (nSPS) is 14.4. The summed E-state index contributed by atoms with van der Waals surface area (Å²) < 4.78 is 33.5. The predicted octanol–water partition coefficient (Wildman–Crippen LogP) is 4.35.